The van der Waals surface area contributed by atoms with Gasteiger partial charge in [0.05, 0.1) is 5.60 Å². The van der Waals surface area contributed by atoms with Gasteiger partial charge in [-0.3, -0.25) is 9.69 Å². The molecule has 0 aromatic heterocycles. The summed E-state index contributed by atoms with van der Waals surface area (Å²) in [5.74, 6) is -0.137. The summed E-state index contributed by atoms with van der Waals surface area (Å²) >= 11 is 0. The molecule has 3 atom stereocenters. The molecule has 2 rings (SSSR count). The topological polar surface area (TPSA) is 60.8 Å². The monoisotopic (exact) mass is 255 g/mol. The maximum absolute atomic E-state index is 11.4. The average Bonchev–Trinajstić information content (AvgIpc) is 2.64. The quantitative estimate of drug-likeness (QED) is 0.805. The Morgan fingerprint density at radius 3 is 2.61 bits per heavy atom. The van der Waals surface area contributed by atoms with Crippen molar-refractivity contribution in [1.82, 2.24) is 4.90 Å². The van der Waals surface area contributed by atoms with Gasteiger partial charge < -0.3 is 10.2 Å². The van der Waals surface area contributed by atoms with E-state index in [0.717, 1.165) is 12.8 Å². The van der Waals surface area contributed by atoms with Crippen molar-refractivity contribution in [3.05, 3.63) is 0 Å². The molecule has 1 aliphatic carbocycles. The first-order chi connectivity index (χ1) is 8.38. The Bertz CT molecular complexity index is 311. The number of carboxylic acids is 1. The summed E-state index contributed by atoms with van der Waals surface area (Å²) in [7, 11) is 0. The summed E-state index contributed by atoms with van der Waals surface area (Å²) in [5, 5.41) is 19.2. The molecule has 18 heavy (non-hydrogen) atoms. The zero-order valence-corrected chi connectivity index (χ0v) is 11.4. The van der Waals surface area contributed by atoms with Gasteiger partial charge in [-0.25, -0.2) is 0 Å². The van der Waals surface area contributed by atoms with E-state index in [1.807, 2.05) is 0 Å². The lowest BCUT2D eigenvalue weighted by Crippen LogP contribution is -2.44. The molecule has 0 bridgehead atoms. The van der Waals surface area contributed by atoms with E-state index in [2.05, 4.69) is 4.90 Å². The number of nitrogens with zero attached hydrogens (tertiary/aromatic N) is 1. The zero-order valence-electron chi connectivity index (χ0n) is 11.4. The lowest BCUT2D eigenvalue weighted by Gasteiger charge is -2.34. The Labute approximate surface area is 109 Å². The molecule has 1 saturated heterocycles. The van der Waals surface area contributed by atoms with E-state index in [1.165, 1.54) is 19.3 Å². The predicted octanol–water partition coefficient (Wildman–Crippen LogP) is 1.87. The second-order valence-electron chi connectivity index (χ2n) is 6.50. The smallest absolute Gasteiger partial charge is 0.320 e. The molecule has 4 heteroatoms. The Kier molecular flexibility index (Phi) is 3.97. The predicted molar refractivity (Wildman–Crippen MR) is 69.4 cm³/mol. The van der Waals surface area contributed by atoms with Gasteiger partial charge in [0.25, 0.3) is 0 Å². The molecule has 0 spiro atoms. The maximum atomic E-state index is 11.4. The molecular formula is C14H25NO3. The number of aliphatic carboxylic acids is 1. The molecular weight excluding hydrogens is 230 g/mol. The largest absolute Gasteiger partial charge is 0.480 e. The summed E-state index contributed by atoms with van der Waals surface area (Å²) in [5.41, 5.74) is -0.712. The van der Waals surface area contributed by atoms with E-state index >= 15 is 0 Å². The number of carbonyl (C=O) groups is 1. The van der Waals surface area contributed by atoms with Crippen LogP contribution in [0.1, 0.15) is 52.4 Å². The van der Waals surface area contributed by atoms with Crippen molar-refractivity contribution in [3.8, 4) is 0 Å². The Morgan fingerprint density at radius 2 is 2.00 bits per heavy atom. The van der Waals surface area contributed by atoms with E-state index in [9.17, 15) is 15.0 Å². The first-order valence-electron chi connectivity index (χ1n) is 7.09. The molecule has 2 fully saturated rings. The van der Waals surface area contributed by atoms with E-state index in [-0.39, 0.29) is 6.04 Å². The van der Waals surface area contributed by atoms with Crippen LogP contribution in [0, 0.1) is 5.92 Å². The van der Waals surface area contributed by atoms with Crippen LogP contribution in [-0.2, 0) is 4.79 Å². The highest BCUT2D eigenvalue weighted by atomic mass is 16.4. The van der Waals surface area contributed by atoms with Crippen molar-refractivity contribution in [1.29, 1.82) is 0 Å². The summed E-state index contributed by atoms with van der Waals surface area (Å²) in [6.45, 7) is 4.27. The highest BCUT2D eigenvalue weighted by Crippen LogP contribution is 2.40. The third-order valence-electron chi connectivity index (χ3n) is 4.49. The molecule has 3 unspecified atom stereocenters. The fourth-order valence-corrected chi connectivity index (χ4v) is 3.52. The van der Waals surface area contributed by atoms with Crippen LogP contribution in [0.3, 0.4) is 0 Å². The van der Waals surface area contributed by atoms with Crippen LogP contribution < -0.4 is 0 Å². The minimum atomic E-state index is -0.712. The van der Waals surface area contributed by atoms with Crippen LogP contribution in [0.4, 0.5) is 0 Å². The van der Waals surface area contributed by atoms with Crippen LogP contribution in [-0.4, -0.2) is 45.3 Å². The van der Waals surface area contributed by atoms with Gasteiger partial charge in [-0.1, -0.05) is 12.8 Å². The van der Waals surface area contributed by atoms with Crippen LogP contribution in [0.2, 0.25) is 0 Å². The number of likely N-dealkylation sites (tertiary alicyclic amines) is 1. The van der Waals surface area contributed by atoms with Crippen molar-refractivity contribution in [3.63, 3.8) is 0 Å². The molecule has 0 aromatic rings. The van der Waals surface area contributed by atoms with Crippen LogP contribution in [0.15, 0.2) is 0 Å². The molecule has 0 radical (unpaired) electrons. The van der Waals surface area contributed by atoms with Gasteiger partial charge in [-0.2, -0.15) is 0 Å². The van der Waals surface area contributed by atoms with Gasteiger partial charge in [0, 0.05) is 12.6 Å². The third-order valence-corrected chi connectivity index (χ3v) is 4.49. The van der Waals surface area contributed by atoms with Crippen molar-refractivity contribution >= 4 is 5.97 Å². The SMILES string of the molecule is CC(C)(O)CCN1C(C(=O)O)CC2CCCCC21. The zero-order chi connectivity index (χ0) is 13.3. The van der Waals surface area contributed by atoms with E-state index in [0.29, 0.717) is 24.9 Å². The van der Waals surface area contributed by atoms with E-state index in [1.54, 1.807) is 13.8 Å². The summed E-state index contributed by atoms with van der Waals surface area (Å²) in [4.78, 5) is 13.5. The minimum absolute atomic E-state index is 0.333. The number of hydrogen-bond donors (Lipinski definition) is 2. The molecule has 1 aliphatic heterocycles. The first-order valence-corrected chi connectivity index (χ1v) is 7.09. The number of rotatable bonds is 4. The van der Waals surface area contributed by atoms with Gasteiger partial charge in [-0.15, -0.1) is 0 Å². The number of fused-ring (bicyclic) bond motifs is 1. The van der Waals surface area contributed by atoms with Gasteiger partial charge in [0.1, 0.15) is 6.04 Å². The van der Waals surface area contributed by atoms with Gasteiger partial charge in [0.15, 0.2) is 0 Å². The number of aliphatic hydroxyl groups is 1. The lowest BCUT2D eigenvalue weighted by atomic mass is 9.84. The van der Waals surface area contributed by atoms with Crippen LogP contribution >= 0.6 is 0 Å². The lowest BCUT2D eigenvalue weighted by molar-refractivity contribution is -0.143. The van der Waals surface area contributed by atoms with Crippen molar-refractivity contribution in [2.24, 2.45) is 5.92 Å². The second-order valence-corrected chi connectivity index (χ2v) is 6.50. The van der Waals surface area contributed by atoms with Gasteiger partial charge in [0.2, 0.25) is 0 Å². The highest BCUT2D eigenvalue weighted by Gasteiger charge is 2.45. The summed E-state index contributed by atoms with van der Waals surface area (Å²) in [6.07, 6.45) is 6.19. The van der Waals surface area contributed by atoms with Crippen LogP contribution in [0.5, 0.6) is 0 Å². The molecule has 104 valence electrons. The van der Waals surface area contributed by atoms with Crippen molar-refractivity contribution < 1.29 is 15.0 Å². The van der Waals surface area contributed by atoms with Gasteiger partial charge in [-0.05, 0) is 45.4 Å². The molecule has 4 nitrogen and oxygen atoms in total. The van der Waals surface area contributed by atoms with Crippen molar-refractivity contribution in [2.75, 3.05) is 6.54 Å². The first kappa shape index (κ1) is 13.8. The van der Waals surface area contributed by atoms with Crippen LogP contribution in [0.25, 0.3) is 0 Å². The minimum Gasteiger partial charge on any atom is -0.480 e. The maximum Gasteiger partial charge on any atom is 0.320 e. The normalized spacial score (nSPS) is 33.4. The molecule has 2 N–H and O–H groups in total. The fourth-order valence-electron chi connectivity index (χ4n) is 3.52. The third kappa shape index (κ3) is 3.04. The standard InChI is InChI=1S/C14H25NO3/c1-14(2,18)7-8-15-11-6-4-3-5-10(11)9-12(15)13(16)17/h10-12,18H,3-9H2,1-2H3,(H,16,17). The van der Waals surface area contributed by atoms with Crippen molar-refractivity contribution in [2.45, 2.75) is 70.1 Å². The highest BCUT2D eigenvalue weighted by molar-refractivity contribution is 5.74. The molecule has 2 aliphatic rings. The van der Waals surface area contributed by atoms with E-state index in [4.69, 9.17) is 0 Å². The molecule has 1 saturated carbocycles. The number of carboxylic acid groups (broad SMARTS) is 1. The molecule has 0 aromatic carbocycles. The second kappa shape index (κ2) is 5.17. The average molecular weight is 255 g/mol. The Balaban J connectivity index is 2.04. The van der Waals surface area contributed by atoms with Gasteiger partial charge >= 0.3 is 5.97 Å². The molecule has 1 heterocycles. The summed E-state index contributed by atoms with van der Waals surface area (Å²) in [6, 6.07) is 0.0997. The fraction of sp³-hybridized carbons (Fsp3) is 0.929. The Morgan fingerprint density at radius 1 is 1.33 bits per heavy atom. The number of hydrogen-bond acceptors (Lipinski definition) is 3. The Hall–Kier alpha value is -0.610. The van der Waals surface area contributed by atoms with E-state index < -0.39 is 11.6 Å². The molecule has 0 amide bonds. The summed E-state index contributed by atoms with van der Waals surface area (Å²) < 4.78 is 0.